The summed E-state index contributed by atoms with van der Waals surface area (Å²) in [6, 6.07) is 21.7. The fourth-order valence-corrected chi connectivity index (χ4v) is 6.99. The van der Waals surface area contributed by atoms with Gasteiger partial charge in [-0.15, -0.1) is 0 Å². The summed E-state index contributed by atoms with van der Waals surface area (Å²) in [4.78, 5) is 48.5. The summed E-state index contributed by atoms with van der Waals surface area (Å²) < 4.78 is 13.6. The number of ether oxygens (including phenoxy) is 2. The molecule has 212 valence electrons. The Labute approximate surface area is 254 Å². The first-order valence-electron chi connectivity index (χ1n) is 13.3. The number of anilines is 1. The smallest absolute Gasteiger partial charge is 0.338 e. The van der Waals surface area contributed by atoms with E-state index in [1.807, 2.05) is 66.7 Å². The van der Waals surface area contributed by atoms with Crippen LogP contribution in [0.1, 0.15) is 36.6 Å². The first-order chi connectivity index (χ1) is 20.3. The number of hydrogen-bond donors (Lipinski definition) is 0. The van der Waals surface area contributed by atoms with Crippen LogP contribution >= 0.6 is 27.3 Å². The zero-order valence-corrected chi connectivity index (χ0v) is 25.5. The van der Waals surface area contributed by atoms with Gasteiger partial charge in [-0.2, -0.15) is 0 Å². The van der Waals surface area contributed by atoms with Gasteiger partial charge in [0.25, 0.3) is 11.5 Å². The van der Waals surface area contributed by atoms with Gasteiger partial charge < -0.3 is 14.4 Å². The summed E-state index contributed by atoms with van der Waals surface area (Å²) in [5.41, 5.74) is 3.56. The van der Waals surface area contributed by atoms with Crippen LogP contribution in [0.2, 0.25) is 0 Å². The van der Waals surface area contributed by atoms with E-state index in [0.717, 1.165) is 27.1 Å². The van der Waals surface area contributed by atoms with Crippen molar-refractivity contribution in [2.45, 2.75) is 26.4 Å². The normalized spacial score (nSPS) is 17.1. The van der Waals surface area contributed by atoms with Crippen molar-refractivity contribution in [2.75, 3.05) is 18.6 Å². The minimum absolute atomic E-state index is 0.162. The van der Waals surface area contributed by atoms with Crippen LogP contribution in [0.15, 0.2) is 98.3 Å². The molecular formula is C32H26BrN3O5S. The summed E-state index contributed by atoms with van der Waals surface area (Å²) >= 11 is 4.66. The van der Waals surface area contributed by atoms with Crippen molar-refractivity contribution in [3.05, 3.63) is 125 Å². The molecule has 1 amide bonds. The van der Waals surface area contributed by atoms with Crippen molar-refractivity contribution < 1.29 is 19.1 Å². The number of amides is 1. The second-order valence-electron chi connectivity index (χ2n) is 9.78. The number of methoxy groups -OCH3 is 1. The van der Waals surface area contributed by atoms with E-state index in [1.54, 1.807) is 24.8 Å². The third kappa shape index (κ3) is 4.60. The molecule has 2 aliphatic rings. The lowest BCUT2D eigenvalue weighted by atomic mass is 9.95. The number of halogens is 1. The molecule has 1 atom stereocenters. The van der Waals surface area contributed by atoms with Crippen LogP contribution < -0.4 is 24.5 Å². The minimum atomic E-state index is -0.880. The van der Waals surface area contributed by atoms with Gasteiger partial charge >= 0.3 is 5.97 Å². The topological polar surface area (TPSA) is 90.2 Å². The Hall–Kier alpha value is -4.28. The molecule has 0 unspecified atom stereocenters. The molecule has 0 saturated carbocycles. The number of rotatable bonds is 6. The first-order valence-corrected chi connectivity index (χ1v) is 15.0. The van der Waals surface area contributed by atoms with E-state index in [4.69, 9.17) is 9.47 Å². The molecule has 0 radical (unpaired) electrons. The third-order valence-corrected chi connectivity index (χ3v) is 8.86. The molecule has 3 aromatic carbocycles. The minimum Gasteiger partial charge on any atom is -0.496 e. The Kier molecular flexibility index (Phi) is 7.42. The van der Waals surface area contributed by atoms with Crippen molar-refractivity contribution >= 4 is 50.4 Å². The number of para-hydroxylation sites is 1. The van der Waals surface area contributed by atoms with E-state index in [-0.39, 0.29) is 22.6 Å². The zero-order chi connectivity index (χ0) is 29.5. The van der Waals surface area contributed by atoms with Crippen molar-refractivity contribution in [3.63, 3.8) is 0 Å². The highest BCUT2D eigenvalue weighted by Gasteiger charge is 2.38. The second kappa shape index (κ2) is 11.2. The van der Waals surface area contributed by atoms with Gasteiger partial charge in [-0.25, -0.2) is 9.79 Å². The lowest BCUT2D eigenvalue weighted by molar-refractivity contribution is -0.139. The van der Waals surface area contributed by atoms with Crippen LogP contribution in [0.25, 0.3) is 5.57 Å². The van der Waals surface area contributed by atoms with E-state index in [2.05, 4.69) is 20.9 Å². The van der Waals surface area contributed by atoms with Gasteiger partial charge in [0, 0.05) is 15.6 Å². The maximum atomic E-state index is 14.4. The number of nitrogens with zero attached hydrogens (tertiary/aromatic N) is 3. The lowest BCUT2D eigenvalue weighted by Gasteiger charge is -2.26. The Bertz CT molecular complexity index is 1960. The maximum absolute atomic E-state index is 14.4. The number of esters is 1. The molecule has 0 spiro atoms. The highest BCUT2D eigenvalue weighted by Crippen LogP contribution is 2.39. The van der Waals surface area contributed by atoms with Gasteiger partial charge in [-0.3, -0.25) is 14.2 Å². The number of allylic oxidation sites excluding steroid dienone is 1. The van der Waals surface area contributed by atoms with Crippen LogP contribution in [0.4, 0.5) is 5.69 Å². The lowest BCUT2D eigenvalue weighted by Crippen LogP contribution is -2.41. The average molecular weight is 645 g/mol. The second-order valence-corrected chi connectivity index (χ2v) is 11.7. The van der Waals surface area contributed by atoms with E-state index in [0.29, 0.717) is 39.5 Å². The monoisotopic (exact) mass is 643 g/mol. The summed E-state index contributed by atoms with van der Waals surface area (Å²) in [7, 11) is 1.54. The molecule has 0 N–H and O–H groups in total. The molecule has 42 heavy (non-hydrogen) atoms. The van der Waals surface area contributed by atoms with E-state index >= 15 is 0 Å². The van der Waals surface area contributed by atoms with Crippen molar-refractivity contribution in [2.24, 2.45) is 4.99 Å². The number of carbonyl (C=O) groups is 2. The summed E-state index contributed by atoms with van der Waals surface area (Å²) in [5, 5.41) is 0. The molecule has 0 bridgehead atoms. The summed E-state index contributed by atoms with van der Waals surface area (Å²) in [5.74, 6) is -0.336. The first kappa shape index (κ1) is 27.9. The summed E-state index contributed by atoms with van der Waals surface area (Å²) in [6.45, 7) is 3.98. The SMILES string of the molecule is CCOC(=O)C1=C(C)N=c2s/c(=C3/C(=O)N(Cc4ccccc4)c4ccccc43)c(=O)n2[C@H]1c1cc(Br)ccc1OC. The fraction of sp³-hybridized carbons (Fsp3) is 0.188. The molecule has 8 nitrogen and oxygen atoms in total. The molecule has 4 aromatic rings. The predicted octanol–water partition coefficient (Wildman–Crippen LogP) is 4.49. The quantitative estimate of drug-likeness (QED) is 0.289. The molecule has 0 fully saturated rings. The van der Waals surface area contributed by atoms with Gasteiger partial charge in [0.1, 0.15) is 16.3 Å². The van der Waals surface area contributed by atoms with Crippen molar-refractivity contribution in [1.29, 1.82) is 0 Å². The van der Waals surface area contributed by atoms with E-state index < -0.39 is 17.6 Å². The zero-order valence-electron chi connectivity index (χ0n) is 23.1. The van der Waals surface area contributed by atoms with Gasteiger partial charge in [-0.05, 0) is 43.7 Å². The molecule has 6 rings (SSSR count). The third-order valence-electron chi connectivity index (χ3n) is 7.31. The number of benzene rings is 3. The van der Waals surface area contributed by atoms with E-state index in [9.17, 15) is 14.4 Å². The Morgan fingerprint density at radius 2 is 1.79 bits per heavy atom. The molecule has 0 saturated heterocycles. The van der Waals surface area contributed by atoms with Crippen molar-refractivity contribution in [1.82, 2.24) is 4.57 Å². The Morgan fingerprint density at radius 3 is 2.52 bits per heavy atom. The molecule has 2 aliphatic heterocycles. The largest absolute Gasteiger partial charge is 0.496 e. The van der Waals surface area contributed by atoms with Crippen LogP contribution in [-0.2, 0) is 20.9 Å². The number of hydrogen-bond acceptors (Lipinski definition) is 7. The van der Waals surface area contributed by atoms with Crippen LogP contribution in [-0.4, -0.2) is 30.2 Å². The fourth-order valence-electron chi connectivity index (χ4n) is 5.48. The van der Waals surface area contributed by atoms with Crippen LogP contribution in [0.3, 0.4) is 0 Å². The molecule has 1 aromatic heterocycles. The van der Waals surface area contributed by atoms with Crippen LogP contribution in [0.5, 0.6) is 5.75 Å². The van der Waals surface area contributed by atoms with Gasteiger partial charge in [0.15, 0.2) is 4.80 Å². The van der Waals surface area contributed by atoms with Crippen molar-refractivity contribution in [3.8, 4) is 5.75 Å². The predicted molar refractivity (Wildman–Crippen MR) is 164 cm³/mol. The standard InChI is InChI=1S/C32H26BrN3O5S/c1-4-41-31(39)25-18(2)34-32-36(27(25)22-16-20(33)14-15-24(22)40-3)30(38)28(42-32)26-21-12-8-9-13-23(21)35(29(26)37)17-19-10-6-5-7-11-19/h5-16,27H,4,17H2,1-3H3/b28-26+/t27-/m0/s1. The Morgan fingerprint density at radius 1 is 1.05 bits per heavy atom. The highest BCUT2D eigenvalue weighted by molar-refractivity contribution is 9.10. The molecular weight excluding hydrogens is 618 g/mol. The maximum Gasteiger partial charge on any atom is 0.338 e. The van der Waals surface area contributed by atoms with E-state index in [1.165, 1.54) is 11.7 Å². The van der Waals surface area contributed by atoms with Crippen LogP contribution in [0, 0.1) is 0 Å². The number of thiazole rings is 1. The Balaban J connectivity index is 1.61. The van der Waals surface area contributed by atoms with Gasteiger partial charge in [0.05, 0.1) is 42.8 Å². The highest BCUT2D eigenvalue weighted by atomic mass is 79.9. The number of aromatic nitrogens is 1. The van der Waals surface area contributed by atoms with Gasteiger partial charge in [-0.1, -0.05) is 75.8 Å². The number of carbonyl (C=O) groups excluding carboxylic acids is 2. The van der Waals surface area contributed by atoms with Gasteiger partial charge in [0.2, 0.25) is 0 Å². The molecule has 3 heterocycles. The molecule has 0 aliphatic carbocycles. The average Bonchev–Trinajstić information content (AvgIpc) is 3.45. The number of fused-ring (bicyclic) bond motifs is 2. The molecule has 10 heteroatoms. The summed E-state index contributed by atoms with van der Waals surface area (Å²) in [6.07, 6.45) is 0.